The monoisotopic (exact) mass is 242 g/mol. The van der Waals surface area contributed by atoms with Crippen molar-refractivity contribution in [3.63, 3.8) is 0 Å². The first-order valence-corrected chi connectivity index (χ1v) is 6.66. The molecule has 0 unspecified atom stereocenters. The molecule has 18 heavy (non-hydrogen) atoms. The molecular formula is C16H22N2. The molecule has 0 bridgehead atoms. The molecule has 0 amide bonds. The van der Waals surface area contributed by atoms with Crippen LogP contribution in [0.25, 0.3) is 10.9 Å². The first kappa shape index (κ1) is 13.0. The Hall–Kier alpha value is -1.41. The number of benzene rings is 1. The lowest BCUT2D eigenvalue weighted by atomic mass is 9.90. The van der Waals surface area contributed by atoms with Crippen molar-refractivity contribution in [1.82, 2.24) is 10.3 Å². The van der Waals surface area contributed by atoms with Crippen LogP contribution < -0.4 is 5.32 Å². The summed E-state index contributed by atoms with van der Waals surface area (Å²) in [6.07, 6.45) is 3.08. The van der Waals surface area contributed by atoms with Crippen LogP contribution in [0.15, 0.2) is 36.5 Å². The van der Waals surface area contributed by atoms with Gasteiger partial charge >= 0.3 is 0 Å². The smallest absolute Gasteiger partial charge is 0.0705 e. The zero-order valence-electron chi connectivity index (χ0n) is 11.5. The lowest BCUT2D eigenvalue weighted by molar-refractivity contribution is 0.328. The van der Waals surface area contributed by atoms with Gasteiger partial charge in [-0.25, -0.2) is 0 Å². The van der Waals surface area contributed by atoms with Gasteiger partial charge in [0, 0.05) is 24.7 Å². The van der Waals surface area contributed by atoms with Gasteiger partial charge in [0.05, 0.1) is 5.52 Å². The van der Waals surface area contributed by atoms with E-state index in [1.54, 1.807) is 0 Å². The molecule has 0 aliphatic carbocycles. The maximum absolute atomic E-state index is 4.39. The number of nitrogens with zero attached hydrogens (tertiary/aromatic N) is 1. The van der Waals surface area contributed by atoms with Gasteiger partial charge in [-0.1, -0.05) is 39.0 Å². The first-order chi connectivity index (χ1) is 8.62. The summed E-state index contributed by atoms with van der Waals surface area (Å²) < 4.78 is 0. The summed E-state index contributed by atoms with van der Waals surface area (Å²) in [5, 5.41) is 4.81. The first-order valence-electron chi connectivity index (χ1n) is 6.66. The largest absolute Gasteiger partial charge is 0.312 e. The molecule has 0 aliphatic rings. The van der Waals surface area contributed by atoms with E-state index in [1.807, 2.05) is 12.3 Å². The van der Waals surface area contributed by atoms with Crippen molar-refractivity contribution in [2.45, 2.75) is 33.7 Å². The molecule has 0 atom stereocenters. The minimum Gasteiger partial charge on any atom is -0.312 e. The van der Waals surface area contributed by atoms with Gasteiger partial charge in [-0.3, -0.25) is 4.98 Å². The molecule has 1 N–H and O–H groups in total. The third kappa shape index (κ3) is 3.08. The average molecular weight is 242 g/mol. The number of aromatic nitrogens is 1. The van der Waals surface area contributed by atoms with E-state index in [9.17, 15) is 0 Å². The third-order valence-corrected chi connectivity index (χ3v) is 3.62. The van der Waals surface area contributed by atoms with Crippen molar-refractivity contribution in [2.75, 3.05) is 6.54 Å². The number of pyridine rings is 1. The second kappa shape index (κ2) is 5.49. The van der Waals surface area contributed by atoms with E-state index in [1.165, 1.54) is 17.4 Å². The van der Waals surface area contributed by atoms with Crippen LogP contribution in [-0.4, -0.2) is 11.5 Å². The standard InChI is InChI=1S/C16H22N2/c1-4-16(2,3)12-17-11-13-9-10-18-15-8-6-5-7-14(13)15/h5-10,17H,4,11-12H2,1-3H3. The van der Waals surface area contributed by atoms with E-state index in [0.29, 0.717) is 5.41 Å². The maximum Gasteiger partial charge on any atom is 0.0705 e. The summed E-state index contributed by atoms with van der Waals surface area (Å²) in [6, 6.07) is 10.4. The summed E-state index contributed by atoms with van der Waals surface area (Å²) >= 11 is 0. The minimum atomic E-state index is 0.364. The van der Waals surface area contributed by atoms with Crippen LogP contribution in [0.2, 0.25) is 0 Å². The topological polar surface area (TPSA) is 24.9 Å². The Morgan fingerprint density at radius 3 is 2.72 bits per heavy atom. The molecule has 2 aromatic rings. The van der Waals surface area contributed by atoms with E-state index >= 15 is 0 Å². The summed E-state index contributed by atoms with van der Waals surface area (Å²) in [5.41, 5.74) is 2.77. The Labute approximate surface area is 109 Å². The molecule has 0 aliphatic heterocycles. The third-order valence-electron chi connectivity index (χ3n) is 3.62. The van der Waals surface area contributed by atoms with Gasteiger partial charge in [-0.2, -0.15) is 0 Å². The SMILES string of the molecule is CCC(C)(C)CNCc1ccnc2ccccc12. The van der Waals surface area contributed by atoms with Crippen molar-refractivity contribution in [2.24, 2.45) is 5.41 Å². The van der Waals surface area contributed by atoms with E-state index in [2.05, 4.69) is 55.3 Å². The fourth-order valence-electron chi connectivity index (χ4n) is 1.97. The highest BCUT2D eigenvalue weighted by Crippen LogP contribution is 2.19. The molecule has 96 valence electrons. The molecule has 0 saturated heterocycles. The molecule has 0 radical (unpaired) electrons. The maximum atomic E-state index is 4.39. The Kier molecular flexibility index (Phi) is 3.97. The van der Waals surface area contributed by atoms with Gasteiger partial charge in [0.2, 0.25) is 0 Å². The summed E-state index contributed by atoms with van der Waals surface area (Å²) in [7, 11) is 0. The second-order valence-electron chi connectivity index (χ2n) is 5.61. The van der Waals surface area contributed by atoms with Crippen LogP contribution in [-0.2, 0) is 6.54 Å². The molecule has 2 heteroatoms. The van der Waals surface area contributed by atoms with Crippen molar-refractivity contribution < 1.29 is 0 Å². The van der Waals surface area contributed by atoms with Crippen LogP contribution in [0.4, 0.5) is 0 Å². The molecule has 0 fully saturated rings. The lowest BCUT2D eigenvalue weighted by Crippen LogP contribution is -2.28. The highest BCUT2D eigenvalue weighted by Gasteiger charge is 2.14. The Bertz CT molecular complexity index is 512. The van der Waals surface area contributed by atoms with Crippen LogP contribution >= 0.6 is 0 Å². The minimum absolute atomic E-state index is 0.364. The van der Waals surface area contributed by atoms with Crippen molar-refractivity contribution in [3.05, 3.63) is 42.1 Å². The highest BCUT2D eigenvalue weighted by molar-refractivity contribution is 5.81. The number of para-hydroxylation sites is 1. The van der Waals surface area contributed by atoms with E-state index in [0.717, 1.165) is 18.6 Å². The van der Waals surface area contributed by atoms with Gasteiger partial charge in [-0.05, 0) is 29.5 Å². The molecule has 1 aromatic heterocycles. The fraction of sp³-hybridized carbons (Fsp3) is 0.438. The zero-order valence-corrected chi connectivity index (χ0v) is 11.5. The molecule has 1 heterocycles. The molecule has 2 rings (SSSR count). The number of nitrogens with one attached hydrogen (secondary N) is 1. The summed E-state index contributed by atoms with van der Waals surface area (Å²) in [6.45, 7) is 8.78. The molecule has 2 nitrogen and oxygen atoms in total. The van der Waals surface area contributed by atoms with Gasteiger partial charge < -0.3 is 5.32 Å². The summed E-state index contributed by atoms with van der Waals surface area (Å²) in [5.74, 6) is 0. The Morgan fingerprint density at radius 1 is 1.17 bits per heavy atom. The number of rotatable bonds is 5. The summed E-state index contributed by atoms with van der Waals surface area (Å²) in [4.78, 5) is 4.39. The highest BCUT2D eigenvalue weighted by atomic mass is 14.9. The van der Waals surface area contributed by atoms with Crippen molar-refractivity contribution >= 4 is 10.9 Å². The van der Waals surface area contributed by atoms with Crippen molar-refractivity contribution in [3.8, 4) is 0 Å². The van der Waals surface area contributed by atoms with E-state index in [4.69, 9.17) is 0 Å². The Balaban J connectivity index is 2.08. The molecular weight excluding hydrogens is 220 g/mol. The van der Waals surface area contributed by atoms with E-state index in [-0.39, 0.29) is 0 Å². The van der Waals surface area contributed by atoms with Crippen LogP contribution in [0, 0.1) is 5.41 Å². The molecule has 0 saturated carbocycles. The zero-order chi connectivity index (χ0) is 13.0. The average Bonchev–Trinajstić information content (AvgIpc) is 2.39. The second-order valence-corrected chi connectivity index (χ2v) is 5.61. The van der Waals surface area contributed by atoms with Gasteiger partial charge in [0.15, 0.2) is 0 Å². The van der Waals surface area contributed by atoms with Gasteiger partial charge in [0.25, 0.3) is 0 Å². The molecule has 0 spiro atoms. The lowest BCUT2D eigenvalue weighted by Gasteiger charge is -2.23. The predicted octanol–water partition coefficient (Wildman–Crippen LogP) is 3.76. The number of hydrogen-bond donors (Lipinski definition) is 1. The number of hydrogen-bond acceptors (Lipinski definition) is 2. The number of fused-ring (bicyclic) bond motifs is 1. The van der Waals surface area contributed by atoms with Crippen LogP contribution in [0.1, 0.15) is 32.8 Å². The fourth-order valence-corrected chi connectivity index (χ4v) is 1.97. The van der Waals surface area contributed by atoms with E-state index < -0.39 is 0 Å². The van der Waals surface area contributed by atoms with Gasteiger partial charge in [0.1, 0.15) is 0 Å². The van der Waals surface area contributed by atoms with Gasteiger partial charge in [-0.15, -0.1) is 0 Å². The molecule has 1 aromatic carbocycles. The van der Waals surface area contributed by atoms with Crippen molar-refractivity contribution in [1.29, 1.82) is 0 Å². The normalized spacial score (nSPS) is 11.9. The van der Waals surface area contributed by atoms with Crippen LogP contribution in [0.5, 0.6) is 0 Å². The Morgan fingerprint density at radius 2 is 1.94 bits per heavy atom. The predicted molar refractivity (Wildman–Crippen MR) is 77.5 cm³/mol. The van der Waals surface area contributed by atoms with Crippen LogP contribution in [0.3, 0.4) is 0 Å². The quantitative estimate of drug-likeness (QED) is 0.863.